The molecule has 2 aliphatic rings. The SMILES string of the molecule is CC(=O)NC1[C@H](CC(=O)c2ccc(O[C@@H]3OC(CO)[C@@H](C)[C@H](O)C3C)cc2)OC(CO)[C@@H](O)[C@@H]1O. The zero-order valence-corrected chi connectivity index (χ0v) is 20.0. The fourth-order valence-corrected chi connectivity index (χ4v) is 4.56. The van der Waals surface area contributed by atoms with E-state index in [1.54, 1.807) is 38.1 Å². The summed E-state index contributed by atoms with van der Waals surface area (Å²) in [6.07, 6.45) is -7.16. The van der Waals surface area contributed by atoms with Crippen molar-refractivity contribution in [2.75, 3.05) is 13.2 Å². The molecule has 11 heteroatoms. The minimum absolute atomic E-state index is 0.212. The Morgan fingerprint density at radius 3 is 2.09 bits per heavy atom. The van der Waals surface area contributed by atoms with Gasteiger partial charge < -0.3 is 45.1 Å². The predicted molar refractivity (Wildman–Crippen MR) is 121 cm³/mol. The smallest absolute Gasteiger partial charge is 0.217 e. The maximum absolute atomic E-state index is 12.9. The first kappa shape index (κ1) is 27.5. The summed E-state index contributed by atoms with van der Waals surface area (Å²) < 4.78 is 17.3. The Morgan fingerprint density at radius 2 is 1.51 bits per heavy atom. The van der Waals surface area contributed by atoms with Gasteiger partial charge >= 0.3 is 0 Å². The molecule has 11 nitrogen and oxygen atoms in total. The quantitative estimate of drug-likeness (QED) is 0.244. The molecule has 0 radical (unpaired) electrons. The number of rotatable bonds is 8. The lowest BCUT2D eigenvalue weighted by atomic mass is 9.86. The highest BCUT2D eigenvalue weighted by atomic mass is 16.7. The summed E-state index contributed by atoms with van der Waals surface area (Å²) in [4.78, 5) is 24.5. The molecule has 2 aliphatic heterocycles. The number of aliphatic hydroxyl groups excluding tert-OH is 5. The van der Waals surface area contributed by atoms with Crippen LogP contribution in [0.4, 0.5) is 0 Å². The molecule has 1 aromatic carbocycles. The molecule has 0 bridgehead atoms. The Balaban J connectivity index is 1.67. The van der Waals surface area contributed by atoms with Gasteiger partial charge in [0.25, 0.3) is 0 Å². The van der Waals surface area contributed by atoms with Crippen LogP contribution in [0.2, 0.25) is 0 Å². The Hall–Kier alpha value is -2.12. The van der Waals surface area contributed by atoms with Crippen LogP contribution in [0.5, 0.6) is 5.75 Å². The van der Waals surface area contributed by atoms with Crippen molar-refractivity contribution < 1.29 is 49.3 Å². The van der Waals surface area contributed by atoms with Crippen LogP contribution in [0.15, 0.2) is 24.3 Å². The summed E-state index contributed by atoms with van der Waals surface area (Å²) >= 11 is 0. The number of amides is 1. The second-order valence-electron chi connectivity index (χ2n) is 9.31. The monoisotopic (exact) mass is 497 g/mol. The van der Waals surface area contributed by atoms with E-state index in [0.29, 0.717) is 11.3 Å². The molecule has 6 N–H and O–H groups in total. The first-order valence-electron chi connectivity index (χ1n) is 11.7. The van der Waals surface area contributed by atoms with Gasteiger partial charge in [0.2, 0.25) is 12.2 Å². The summed E-state index contributed by atoms with van der Waals surface area (Å²) in [5, 5.41) is 52.4. The van der Waals surface area contributed by atoms with Crippen LogP contribution in [-0.4, -0.2) is 99.4 Å². The van der Waals surface area contributed by atoms with Crippen LogP contribution < -0.4 is 10.1 Å². The molecule has 3 rings (SSSR count). The van der Waals surface area contributed by atoms with Crippen molar-refractivity contribution in [3.63, 3.8) is 0 Å². The Kier molecular flexibility index (Phi) is 9.22. The van der Waals surface area contributed by atoms with Crippen molar-refractivity contribution in [1.82, 2.24) is 5.32 Å². The standard InChI is InChI=1S/C24H35NO10/c1-11-18(9-26)35-24(12(2)21(11)30)33-15-6-4-14(5-7-15)16(29)8-17-20(25-13(3)28)23(32)22(31)19(10-27)34-17/h4-7,11-12,17-24,26-27,30-32H,8-10H2,1-3H3,(H,25,28)/t11-,12?,17+,18?,19?,20?,21+,22-,23-,24-/m1/s1. The molecule has 1 aromatic rings. The highest BCUT2D eigenvalue weighted by molar-refractivity contribution is 5.96. The number of nitrogens with one attached hydrogen (secondary N) is 1. The molecule has 10 atom stereocenters. The van der Waals surface area contributed by atoms with Crippen molar-refractivity contribution in [1.29, 1.82) is 0 Å². The van der Waals surface area contributed by atoms with E-state index >= 15 is 0 Å². The first-order valence-corrected chi connectivity index (χ1v) is 11.7. The number of benzene rings is 1. The van der Waals surface area contributed by atoms with E-state index in [4.69, 9.17) is 14.2 Å². The third-order valence-electron chi connectivity index (χ3n) is 6.80. The van der Waals surface area contributed by atoms with Gasteiger partial charge in [0, 0.05) is 30.7 Å². The number of carbonyl (C=O) groups is 2. The van der Waals surface area contributed by atoms with Crippen LogP contribution in [0, 0.1) is 11.8 Å². The molecular formula is C24H35NO10. The highest BCUT2D eigenvalue weighted by Gasteiger charge is 2.45. The Labute approximate surface area is 203 Å². The van der Waals surface area contributed by atoms with E-state index in [-0.39, 0.29) is 30.6 Å². The molecule has 0 spiro atoms. The minimum atomic E-state index is -1.42. The number of Topliss-reactive ketones (excluding diaryl/α,β-unsaturated/α-hetero) is 1. The van der Waals surface area contributed by atoms with Gasteiger partial charge in [0.05, 0.1) is 37.6 Å². The van der Waals surface area contributed by atoms with Gasteiger partial charge in [-0.15, -0.1) is 0 Å². The Bertz CT molecular complexity index is 862. The molecular weight excluding hydrogens is 462 g/mol. The van der Waals surface area contributed by atoms with Crippen molar-refractivity contribution in [2.24, 2.45) is 11.8 Å². The van der Waals surface area contributed by atoms with E-state index in [2.05, 4.69) is 5.32 Å². The summed E-state index contributed by atoms with van der Waals surface area (Å²) in [5.41, 5.74) is 0.322. The van der Waals surface area contributed by atoms with Gasteiger partial charge in [-0.1, -0.05) is 13.8 Å². The lowest BCUT2D eigenvalue weighted by Gasteiger charge is -2.42. The lowest BCUT2D eigenvalue weighted by Crippen LogP contribution is -2.64. The van der Waals surface area contributed by atoms with Crippen molar-refractivity contribution in [2.45, 2.75) is 76.1 Å². The molecule has 4 unspecified atom stereocenters. The Morgan fingerprint density at radius 1 is 0.886 bits per heavy atom. The maximum atomic E-state index is 12.9. The van der Waals surface area contributed by atoms with Crippen LogP contribution >= 0.6 is 0 Å². The lowest BCUT2D eigenvalue weighted by molar-refractivity contribution is -0.236. The van der Waals surface area contributed by atoms with Gasteiger partial charge in [-0.2, -0.15) is 0 Å². The number of hydrogen-bond acceptors (Lipinski definition) is 10. The van der Waals surface area contributed by atoms with Crippen molar-refractivity contribution >= 4 is 11.7 Å². The third kappa shape index (κ3) is 6.18. The topological polar surface area (TPSA) is 175 Å². The first-order chi connectivity index (χ1) is 16.6. The zero-order valence-electron chi connectivity index (χ0n) is 20.0. The molecule has 35 heavy (non-hydrogen) atoms. The average Bonchev–Trinajstić information content (AvgIpc) is 2.84. The van der Waals surface area contributed by atoms with Crippen LogP contribution in [0.1, 0.15) is 37.6 Å². The maximum Gasteiger partial charge on any atom is 0.217 e. The second-order valence-corrected chi connectivity index (χ2v) is 9.31. The van der Waals surface area contributed by atoms with Gasteiger partial charge in [-0.05, 0) is 24.3 Å². The van der Waals surface area contributed by atoms with Crippen LogP contribution in [-0.2, 0) is 14.3 Å². The van der Waals surface area contributed by atoms with Crippen LogP contribution in [0.25, 0.3) is 0 Å². The van der Waals surface area contributed by atoms with E-state index < -0.39 is 61.5 Å². The summed E-state index contributed by atoms with van der Waals surface area (Å²) in [7, 11) is 0. The molecule has 0 aliphatic carbocycles. The van der Waals surface area contributed by atoms with Gasteiger partial charge in [0.1, 0.15) is 24.1 Å². The number of hydrogen-bond donors (Lipinski definition) is 6. The van der Waals surface area contributed by atoms with E-state index in [9.17, 15) is 35.1 Å². The fourth-order valence-electron chi connectivity index (χ4n) is 4.56. The van der Waals surface area contributed by atoms with Gasteiger partial charge in [-0.3, -0.25) is 9.59 Å². The number of carbonyl (C=O) groups excluding carboxylic acids is 2. The molecule has 0 aromatic heterocycles. The van der Waals surface area contributed by atoms with E-state index in [0.717, 1.165) is 0 Å². The highest BCUT2D eigenvalue weighted by Crippen LogP contribution is 2.32. The van der Waals surface area contributed by atoms with Crippen LogP contribution in [0.3, 0.4) is 0 Å². The molecule has 196 valence electrons. The minimum Gasteiger partial charge on any atom is -0.465 e. The van der Waals surface area contributed by atoms with Gasteiger partial charge in [0.15, 0.2) is 5.78 Å². The number of ketones is 1. The van der Waals surface area contributed by atoms with Gasteiger partial charge in [-0.25, -0.2) is 0 Å². The van der Waals surface area contributed by atoms with E-state index in [1.807, 2.05) is 0 Å². The number of aliphatic hydroxyl groups is 5. The predicted octanol–water partition coefficient (Wildman–Crippen LogP) is -1.03. The zero-order chi connectivity index (χ0) is 25.9. The number of ether oxygens (including phenoxy) is 3. The molecule has 0 saturated carbocycles. The third-order valence-corrected chi connectivity index (χ3v) is 6.80. The fraction of sp³-hybridized carbons (Fsp3) is 0.667. The van der Waals surface area contributed by atoms with Crippen molar-refractivity contribution in [3.05, 3.63) is 29.8 Å². The molecule has 1 amide bonds. The summed E-state index contributed by atoms with van der Waals surface area (Å²) in [6, 6.07) is 5.20. The molecule has 2 heterocycles. The van der Waals surface area contributed by atoms with Crippen molar-refractivity contribution in [3.8, 4) is 5.75 Å². The largest absolute Gasteiger partial charge is 0.465 e. The molecule has 2 fully saturated rings. The summed E-state index contributed by atoms with van der Waals surface area (Å²) in [6.45, 7) is 4.03. The molecule has 2 saturated heterocycles. The van der Waals surface area contributed by atoms with E-state index in [1.165, 1.54) is 6.92 Å². The summed E-state index contributed by atoms with van der Waals surface area (Å²) in [5.74, 6) is -0.995. The second kappa shape index (κ2) is 11.7. The normalized spacial score (nSPS) is 37.5. The average molecular weight is 498 g/mol.